The van der Waals surface area contributed by atoms with Gasteiger partial charge in [0, 0.05) is 31.2 Å². The Labute approximate surface area is 110 Å². The second-order valence-electron chi connectivity index (χ2n) is 5.42. The number of hydrogen-bond donors (Lipinski definition) is 1. The van der Waals surface area contributed by atoms with Gasteiger partial charge in [0.05, 0.1) is 13.2 Å². The Morgan fingerprint density at radius 3 is 2.50 bits per heavy atom. The van der Waals surface area contributed by atoms with E-state index in [9.17, 15) is 0 Å². The summed E-state index contributed by atoms with van der Waals surface area (Å²) in [5, 5.41) is 3.34. The summed E-state index contributed by atoms with van der Waals surface area (Å²) in [4.78, 5) is 2.34. The Balaban J connectivity index is 2.04. The minimum atomic E-state index is 0.485. The number of hydrogen-bond acceptors (Lipinski definition) is 3. The number of benzene rings is 1. The van der Waals surface area contributed by atoms with Crippen molar-refractivity contribution in [2.45, 2.75) is 19.9 Å². The van der Waals surface area contributed by atoms with Crippen LogP contribution in [0.4, 0.5) is 5.69 Å². The molecule has 1 aromatic carbocycles. The summed E-state index contributed by atoms with van der Waals surface area (Å²) in [7, 11) is 4.18. The van der Waals surface area contributed by atoms with Gasteiger partial charge in [0.1, 0.15) is 0 Å². The van der Waals surface area contributed by atoms with Gasteiger partial charge in [-0.15, -0.1) is 0 Å². The van der Waals surface area contributed by atoms with Crippen LogP contribution in [-0.2, 0) is 4.74 Å². The number of nitrogens with zero attached hydrogens (tertiary/aromatic N) is 1. The van der Waals surface area contributed by atoms with Crippen LogP contribution in [0.3, 0.4) is 0 Å². The van der Waals surface area contributed by atoms with Gasteiger partial charge in [-0.05, 0) is 44.2 Å². The molecular weight excluding hydrogens is 224 g/mol. The highest BCUT2D eigenvalue weighted by atomic mass is 16.5. The molecule has 1 heterocycles. The molecule has 0 amide bonds. The van der Waals surface area contributed by atoms with Crippen LogP contribution in [0, 0.1) is 19.8 Å². The van der Waals surface area contributed by atoms with E-state index in [0.717, 1.165) is 19.8 Å². The van der Waals surface area contributed by atoms with Crippen molar-refractivity contribution in [3.05, 3.63) is 29.3 Å². The second-order valence-corrected chi connectivity index (χ2v) is 5.42. The van der Waals surface area contributed by atoms with E-state index in [1.807, 2.05) is 7.05 Å². The summed E-state index contributed by atoms with van der Waals surface area (Å²) >= 11 is 0. The van der Waals surface area contributed by atoms with Crippen molar-refractivity contribution in [3.63, 3.8) is 0 Å². The molecule has 0 spiro atoms. The van der Waals surface area contributed by atoms with Crippen LogP contribution in [0.25, 0.3) is 0 Å². The Hall–Kier alpha value is -1.06. The molecule has 18 heavy (non-hydrogen) atoms. The largest absolute Gasteiger partial charge is 0.379 e. The molecule has 0 bridgehead atoms. The molecule has 2 rings (SSSR count). The molecule has 1 aliphatic heterocycles. The van der Waals surface area contributed by atoms with Gasteiger partial charge in [0.25, 0.3) is 0 Å². The van der Waals surface area contributed by atoms with Crippen LogP contribution in [0.15, 0.2) is 18.2 Å². The molecule has 0 radical (unpaired) electrons. The first-order valence-electron chi connectivity index (χ1n) is 6.64. The fourth-order valence-electron chi connectivity index (χ4n) is 2.73. The van der Waals surface area contributed by atoms with Crippen molar-refractivity contribution in [1.29, 1.82) is 0 Å². The van der Waals surface area contributed by atoms with E-state index in [0.29, 0.717) is 12.0 Å². The van der Waals surface area contributed by atoms with E-state index in [1.54, 1.807) is 0 Å². The molecule has 3 nitrogen and oxygen atoms in total. The first kappa shape index (κ1) is 13.4. The zero-order valence-electron chi connectivity index (χ0n) is 11.9. The lowest BCUT2D eigenvalue weighted by Crippen LogP contribution is -2.39. The van der Waals surface area contributed by atoms with Crippen LogP contribution in [0.5, 0.6) is 0 Å². The third-order valence-electron chi connectivity index (χ3n) is 3.72. The summed E-state index contributed by atoms with van der Waals surface area (Å²) < 4.78 is 5.56. The molecule has 1 aliphatic rings. The van der Waals surface area contributed by atoms with Crippen molar-refractivity contribution in [2.75, 3.05) is 38.8 Å². The molecule has 0 saturated carbocycles. The second kappa shape index (κ2) is 5.72. The molecule has 1 saturated heterocycles. The number of ether oxygens (including phenoxy) is 1. The third-order valence-corrected chi connectivity index (χ3v) is 3.72. The van der Waals surface area contributed by atoms with Gasteiger partial charge in [-0.3, -0.25) is 0 Å². The van der Waals surface area contributed by atoms with Gasteiger partial charge < -0.3 is 15.0 Å². The van der Waals surface area contributed by atoms with Gasteiger partial charge in [-0.1, -0.05) is 6.07 Å². The number of anilines is 1. The quantitative estimate of drug-likeness (QED) is 0.881. The average molecular weight is 248 g/mol. The van der Waals surface area contributed by atoms with Crippen LogP contribution >= 0.6 is 0 Å². The van der Waals surface area contributed by atoms with Gasteiger partial charge in [0.15, 0.2) is 0 Å². The zero-order valence-corrected chi connectivity index (χ0v) is 11.9. The summed E-state index contributed by atoms with van der Waals surface area (Å²) in [6, 6.07) is 7.19. The minimum absolute atomic E-state index is 0.485. The summed E-state index contributed by atoms with van der Waals surface area (Å²) in [5.41, 5.74) is 3.95. The molecule has 2 unspecified atom stereocenters. The fraction of sp³-hybridized carbons (Fsp3) is 0.600. The van der Waals surface area contributed by atoms with E-state index >= 15 is 0 Å². The molecule has 3 heteroatoms. The lowest BCUT2D eigenvalue weighted by molar-refractivity contribution is 0.183. The summed E-state index contributed by atoms with van der Waals surface area (Å²) in [6.07, 6.45) is 0. The van der Waals surface area contributed by atoms with Crippen molar-refractivity contribution in [2.24, 2.45) is 5.92 Å². The van der Waals surface area contributed by atoms with E-state index < -0.39 is 0 Å². The summed E-state index contributed by atoms with van der Waals surface area (Å²) in [6.45, 7) is 7.04. The molecule has 0 aliphatic carbocycles. The van der Waals surface area contributed by atoms with Gasteiger partial charge in [-0.2, -0.15) is 0 Å². The minimum Gasteiger partial charge on any atom is -0.379 e. The topological polar surface area (TPSA) is 24.5 Å². The standard InChI is InChI=1S/C15H24N2O/c1-11-5-12(2)7-14(6-11)17(4)8-13-9-18-10-15(13)16-3/h5-7,13,15-16H,8-10H2,1-4H3. The molecule has 0 aromatic heterocycles. The Bertz CT molecular complexity index is 385. The molecule has 1 fully saturated rings. The number of likely N-dealkylation sites (N-methyl/N-ethyl adjacent to an activating group) is 1. The summed E-state index contributed by atoms with van der Waals surface area (Å²) in [5.74, 6) is 0.570. The van der Waals surface area contributed by atoms with Crippen LogP contribution in [0.2, 0.25) is 0 Å². The molecule has 100 valence electrons. The predicted molar refractivity (Wildman–Crippen MR) is 76.3 cm³/mol. The van der Waals surface area contributed by atoms with Crippen LogP contribution in [-0.4, -0.2) is 39.9 Å². The highest BCUT2D eigenvalue weighted by Gasteiger charge is 2.27. The Morgan fingerprint density at radius 1 is 1.22 bits per heavy atom. The van der Waals surface area contributed by atoms with Crippen molar-refractivity contribution in [3.8, 4) is 0 Å². The first-order chi connectivity index (χ1) is 8.60. The Morgan fingerprint density at radius 2 is 1.89 bits per heavy atom. The maximum Gasteiger partial charge on any atom is 0.0623 e. The molecule has 1 N–H and O–H groups in total. The molecule has 1 aromatic rings. The lowest BCUT2D eigenvalue weighted by Gasteiger charge is -2.26. The van der Waals surface area contributed by atoms with Crippen molar-refractivity contribution >= 4 is 5.69 Å². The maximum atomic E-state index is 5.56. The highest BCUT2D eigenvalue weighted by Crippen LogP contribution is 2.21. The predicted octanol–water partition coefficient (Wildman–Crippen LogP) is 1.97. The Kier molecular flexibility index (Phi) is 4.25. The van der Waals surface area contributed by atoms with Gasteiger partial charge in [0.2, 0.25) is 0 Å². The SMILES string of the molecule is CNC1COCC1CN(C)c1cc(C)cc(C)c1. The van der Waals surface area contributed by atoms with Crippen molar-refractivity contribution in [1.82, 2.24) is 5.32 Å². The normalized spacial score (nSPS) is 23.3. The third kappa shape index (κ3) is 3.03. The fourth-order valence-corrected chi connectivity index (χ4v) is 2.73. The van der Waals surface area contributed by atoms with Gasteiger partial charge in [-0.25, -0.2) is 0 Å². The van der Waals surface area contributed by atoms with E-state index in [4.69, 9.17) is 4.74 Å². The zero-order chi connectivity index (χ0) is 13.1. The first-order valence-corrected chi connectivity index (χ1v) is 6.64. The molecule has 2 atom stereocenters. The average Bonchev–Trinajstić information content (AvgIpc) is 2.75. The maximum absolute atomic E-state index is 5.56. The monoisotopic (exact) mass is 248 g/mol. The number of aryl methyl sites for hydroxylation is 2. The number of rotatable bonds is 4. The van der Waals surface area contributed by atoms with E-state index in [2.05, 4.69) is 49.3 Å². The van der Waals surface area contributed by atoms with E-state index in [1.165, 1.54) is 16.8 Å². The van der Waals surface area contributed by atoms with Crippen LogP contribution < -0.4 is 10.2 Å². The number of nitrogens with one attached hydrogen (secondary N) is 1. The van der Waals surface area contributed by atoms with Crippen molar-refractivity contribution < 1.29 is 4.74 Å². The van der Waals surface area contributed by atoms with E-state index in [-0.39, 0.29) is 0 Å². The molecular formula is C15H24N2O. The van der Waals surface area contributed by atoms with Gasteiger partial charge >= 0.3 is 0 Å². The van der Waals surface area contributed by atoms with Crippen LogP contribution in [0.1, 0.15) is 11.1 Å². The lowest BCUT2D eigenvalue weighted by atomic mass is 10.0. The smallest absolute Gasteiger partial charge is 0.0623 e. The highest BCUT2D eigenvalue weighted by molar-refractivity contribution is 5.50.